The molecule has 21 heavy (non-hydrogen) atoms. The molecule has 0 aliphatic carbocycles. The van der Waals surface area contributed by atoms with E-state index in [0.717, 1.165) is 37.5 Å². The number of thioether (sulfide) groups is 1. The van der Waals surface area contributed by atoms with E-state index in [1.54, 1.807) is 7.11 Å². The van der Waals surface area contributed by atoms with Crippen molar-refractivity contribution in [2.24, 2.45) is 4.99 Å². The van der Waals surface area contributed by atoms with Crippen LogP contribution in [0.3, 0.4) is 0 Å². The van der Waals surface area contributed by atoms with Crippen LogP contribution in [0, 0.1) is 0 Å². The number of thiazole rings is 1. The largest absolute Gasteiger partial charge is 0.497 e. The highest BCUT2D eigenvalue weighted by molar-refractivity contribution is 8.00. The Morgan fingerprint density at radius 1 is 1.38 bits per heavy atom. The van der Waals surface area contributed by atoms with Gasteiger partial charge in [0.05, 0.1) is 17.7 Å². The van der Waals surface area contributed by atoms with Crippen LogP contribution in [-0.4, -0.2) is 29.2 Å². The summed E-state index contributed by atoms with van der Waals surface area (Å²) in [4.78, 5) is 9.42. The molecular weight excluding hydrogens is 304 g/mol. The number of nitrogens with zero attached hydrogens (tertiary/aromatic N) is 2. The molecule has 0 amide bonds. The van der Waals surface area contributed by atoms with Crippen LogP contribution in [0.5, 0.6) is 11.6 Å². The van der Waals surface area contributed by atoms with Gasteiger partial charge in [-0.15, -0.1) is 11.3 Å². The van der Waals surface area contributed by atoms with Gasteiger partial charge < -0.3 is 9.84 Å². The van der Waals surface area contributed by atoms with E-state index in [1.807, 2.05) is 37.5 Å². The molecule has 1 aromatic carbocycles. The number of benzene rings is 1. The molecular formula is C15H14N2O2S2. The standard InChI is InChI=1S/C15H14N2O2S2/c1-8-10(7-13-14(18)17-15(20-3)21-13)11-6-9(19-2)4-5-12(11)16-8/h4-7,18H,1-3H3/b10-7-. The maximum Gasteiger partial charge on any atom is 0.230 e. The Kier molecular flexibility index (Phi) is 3.73. The van der Waals surface area contributed by atoms with E-state index in [1.165, 1.54) is 23.1 Å². The molecule has 4 nitrogen and oxygen atoms in total. The first-order chi connectivity index (χ1) is 10.1. The molecule has 108 valence electrons. The Balaban J connectivity index is 2.09. The molecule has 1 N–H and O–H groups in total. The summed E-state index contributed by atoms with van der Waals surface area (Å²) in [6, 6.07) is 5.81. The van der Waals surface area contributed by atoms with Gasteiger partial charge in [0.25, 0.3) is 0 Å². The second-order valence-corrected chi connectivity index (χ2v) is 6.59. The van der Waals surface area contributed by atoms with Crippen LogP contribution in [0.2, 0.25) is 0 Å². The molecule has 0 saturated carbocycles. The maximum atomic E-state index is 9.93. The van der Waals surface area contributed by atoms with E-state index in [2.05, 4.69) is 9.98 Å². The predicted octanol–water partition coefficient (Wildman–Crippen LogP) is 4.23. The monoisotopic (exact) mass is 318 g/mol. The average Bonchev–Trinajstić information content (AvgIpc) is 3.00. The van der Waals surface area contributed by atoms with Crippen molar-refractivity contribution in [2.75, 3.05) is 13.4 Å². The van der Waals surface area contributed by atoms with Crippen molar-refractivity contribution in [1.29, 1.82) is 0 Å². The van der Waals surface area contributed by atoms with Gasteiger partial charge in [-0.1, -0.05) is 11.8 Å². The SMILES string of the molecule is COc1ccc2c(c1)/C(=C\c1sc(SC)nc1O)C(C)=N2. The Morgan fingerprint density at radius 3 is 2.86 bits per heavy atom. The molecule has 1 aliphatic rings. The minimum atomic E-state index is 0.0704. The van der Waals surface area contributed by atoms with E-state index < -0.39 is 0 Å². The Hall–Kier alpha value is -1.79. The lowest BCUT2D eigenvalue weighted by atomic mass is 10.0. The third-order valence-corrected chi connectivity index (χ3v) is 5.21. The van der Waals surface area contributed by atoms with E-state index >= 15 is 0 Å². The van der Waals surface area contributed by atoms with E-state index in [4.69, 9.17) is 4.74 Å². The molecule has 3 rings (SSSR count). The zero-order chi connectivity index (χ0) is 15.0. The average molecular weight is 318 g/mol. The smallest absolute Gasteiger partial charge is 0.230 e. The second-order valence-electron chi connectivity index (χ2n) is 4.51. The number of fused-ring (bicyclic) bond motifs is 1. The fourth-order valence-electron chi connectivity index (χ4n) is 2.19. The third-order valence-electron chi connectivity index (χ3n) is 3.24. The van der Waals surface area contributed by atoms with Gasteiger partial charge >= 0.3 is 0 Å². The first-order valence-electron chi connectivity index (χ1n) is 6.32. The molecule has 0 fully saturated rings. The van der Waals surface area contributed by atoms with Crippen molar-refractivity contribution in [3.63, 3.8) is 0 Å². The van der Waals surface area contributed by atoms with Gasteiger partial charge in [0.15, 0.2) is 4.34 Å². The van der Waals surface area contributed by atoms with Crippen molar-refractivity contribution in [3.8, 4) is 11.6 Å². The molecule has 0 saturated heterocycles. The van der Waals surface area contributed by atoms with Gasteiger partial charge in [0.1, 0.15) is 5.75 Å². The summed E-state index contributed by atoms with van der Waals surface area (Å²) in [6.07, 6.45) is 3.88. The van der Waals surface area contributed by atoms with Crippen LogP contribution in [-0.2, 0) is 0 Å². The fourth-order valence-corrected chi connectivity index (χ4v) is 3.60. The van der Waals surface area contributed by atoms with Crippen molar-refractivity contribution >= 4 is 46.1 Å². The number of allylic oxidation sites excluding steroid dienone is 1. The van der Waals surface area contributed by atoms with Crippen molar-refractivity contribution in [2.45, 2.75) is 11.3 Å². The third kappa shape index (κ3) is 2.56. The Bertz CT molecular complexity index is 763. The zero-order valence-electron chi connectivity index (χ0n) is 11.9. The van der Waals surface area contributed by atoms with Gasteiger partial charge in [-0.3, -0.25) is 4.99 Å². The number of aliphatic imine (C=N–C) groups is 1. The van der Waals surface area contributed by atoms with Crippen LogP contribution in [0.4, 0.5) is 5.69 Å². The lowest BCUT2D eigenvalue weighted by Crippen LogP contribution is -1.90. The molecule has 0 spiro atoms. The number of methoxy groups -OCH3 is 1. The van der Waals surface area contributed by atoms with Gasteiger partial charge in [0.2, 0.25) is 5.88 Å². The maximum absolute atomic E-state index is 9.93. The first kappa shape index (κ1) is 14.2. The van der Waals surface area contributed by atoms with Gasteiger partial charge in [-0.05, 0) is 37.5 Å². The fraction of sp³-hybridized carbons (Fsp3) is 0.200. The Labute approximate surface area is 131 Å². The number of rotatable bonds is 3. The summed E-state index contributed by atoms with van der Waals surface area (Å²) < 4.78 is 6.12. The van der Waals surface area contributed by atoms with Gasteiger partial charge in [-0.2, -0.15) is 4.98 Å². The number of aromatic hydroxyl groups is 1. The molecule has 1 aromatic heterocycles. The minimum absolute atomic E-state index is 0.0704. The van der Waals surface area contributed by atoms with Crippen LogP contribution >= 0.6 is 23.1 Å². The lowest BCUT2D eigenvalue weighted by molar-refractivity contribution is 0.415. The normalized spacial score (nSPS) is 15.2. The first-order valence-corrected chi connectivity index (χ1v) is 8.36. The van der Waals surface area contributed by atoms with Crippen LogP contribution in [0.15, 0.2) is 27.5 Å². The highest BCUT2D eigenvalue weighted by Crippen LogP contribution is 2.40. The van der Waals surface area contributed by atoms with Gasteiger partial charge in [0, 0.05) is 16.8 Å². The van der Waals surface area contributed by atoms with E-state index in [0.29, 0.717) is 0 Å². The van der Waals surface area contributed by atoms with Gasteiger partial charge in [-0.25, -0.2) is 0 Å². The molecule has 0 atom stereocenters. The molecule has 0 unspecified atom stereocenters. The Morgan fingerprint density at radius 2 is 2.19 bits per heavy atom. The summed E-state index contributed by atoms with van der Waals surface area (Å²) in [7, 11) is 1.65. The number of hydrogen-bond donors (Lipinski definition) is 1. The van der Waals surface area contributed by atoms with Crippen molar-refractivity contribution < 1.29 is 9.84 Å². The second kappa shape index (κ2) is 5.54. The zero-order valence-corrected chi connectivity index (χ0v) is 13.5. The van der Waals surface area contributed by atoms with E-state index in [9.17, 15) is 5.11 Å². The molecule has 0 radical (unpaired) electrons. The molecule has 0 bridgehead atoms. The summed E-state index contributed by atoms with van der Waals surface area (Å²) in [5.41, 5.74) is 3.87. The number of hydrogen-bond acceptors (Lipinski definition) is 6. The van der Waals surface area contributed by atoms with Crippen LogP contribution in [0.25, 0.3) is 11.6 Å². The van der Waals surface area contributed by atoms with Crippen LogP contribution in [0.1, 0.15) is 17.4 Å². The quantitative estimate of drug-likeness (QED) is 0.861. The number of aromatic nitrogens is 1. The molecule has 6 heteroatoms. The number of ether oxygens (including phenoxy) is 1. The predicted molar refractivity (Wildman–Crippen MR) is 89.2 cm³/mol. The van der Waals surface area contributed by atoms with Crippen LogP contribution < -0.4 is 4.74 Å². The van der Waals surface area contributed by atoms with E-state index in [-0.39, 0.29) is 5.88 Å². The summed E-state index contributed by atoms with van der Waals surface area (Å²) >= 11 is 2.99. The van der Waals surface area contributed by atoms with Crippen molar-refractivity contribution in [1.82, 2.24) is 4.98 Å². The summed E-state index contributed by atoms with van der Waals surface area (Å²) in [6.45, 7) is 1.96. The lowest BCUT2D eigenvalue weighted by Gasteiger charge is -2.04. The summed E-state index contributed by atoms with van der Waals surface area (Å²) in [5, 5.41) is 9.93. The highest BCUT2D eigenvalue weighted by atomic mass is 32.2. The van der Waals surface area contributed by atoms with Crippen molar-refractivity contribution in [3.05, 3.63) is 28.6 Å². The topological polar surface area (TPSA) is 54.7 Å². The molecule has 2 aromatic rings. The minimum Gasteiger partial charge on any atom is -0.497 e. The summed E-state index contributed by atoms with van der Waals surface area (Å²) in [5.74, 6) is 0.865. The molecule has 2 heterocycles. The highest BCUT2D eigenvalue weighted by Gasteiger charge is 2.20. The molecule has 1 aliphatic heterocycles.